The zero-order valence-electron chi connectivity index (χ0n) is 14.7. The third-order valence-electron chi connectivity index (χ3n) is 3.84. The van der Waals surface area contributed by atoms with Gasteiger partial charge in [-0.25, -0.2) is 9.18 Å². The van der Waals surface area contributed by atoms with Gasteiger partial charge in [-0.15, -0.1) is 0 Å². The number of rotatable bonds is 7. The minimum absolute atomic E-state index is 0.182. The number of alkyl halides is 1. The molecule has 3 unspecified atom stereocenters. The minimum Gasteiger partial charge on any atom is -0.304 e. The molecule has 0 bridgehead atoms. The molecule has 0 aliphatic carbocycles. The van der Waals surface area contributed by atoms with Crippen molar-refractivity contribution in [3.63, 3.8) is 0 Å². The molecular formula is C16H27FN4O3. The van der Waals surface area contributed by atoms with Gasteiger partial charge >= 0.3 is 6.03 Å². The molecule has 0 aromatic heterocycles. The van der Waals surface area contributed by atoms with E-state index in [1.807, 2.05) is 0 Å². The Morgan fingerprint density at radius 2 is 2.12 bits per heavy atom. The summed E-state index contributed by atoms with van der Waals surface area (Å²) in [5.74, 6) is -0.821. The lowest BCUT2D eigenvalue weighted by molar-refractivity contribution is -0.137. The van der Waals surface area contributed by atoms with Crippen molar-refractivity contribution in [2.24, 2.45) is 0 Å². The van der Waals surface area contributed by atoms with E-state index in [1.165, 1.54) is 16.7 Å². The van der Waals surface area contributed by atoms with Gasteiger partial charge in [0.25, 0.3) is 0 Å². The van der Waals surface area contributed by atoms with E-state index >= 15 is 0 Å². The second-order valence-electron chi connectivity index (χ2n) is 5.95. The molecule has 1 heterocycles. The third-order valence-corrected chi connectivity index (χ3v) is 3.84. The Morgan fingerprint density at radius 1 is 1.46 bits per heavy atom. The minimum atomic E-state index is -0.949. The van der Waals surface area contributed by atoms with Crippen LogP contribution in [0.15, 0.2) is 12.3 Å². The predicted molar refractivity (Wildman–Crippen MR) is 88.6 cm³/mol. The summed E-state index contributed by atoms with van der Waals surface area (Å²) in [4.78, 5) is 39.0. The maximum absolute atomic E-state index is 13.0. The van der Waals surface area contributed by atoms with Crippen molar-refractivity contribution >= 4 is 17.8 Å². The summed E-state index contributed by atoms with van der Waals surface area (Å²) in [6, 6.07) is -1.11. The number of piperidine rings is 1. The van der Waals surface area contributed by atoms with Crippen molar-refractivity contribution in [1.29, 1.82) is 0 Å². The molecule has 0 saturated carbocycles. The van der Waals surface area contributed by atoms with Crippen LogP contribution < -0.4 is 10.6 Å². The van der Waals surface area contributed by atoms with Gasteiger partial charge in [-0.05, 0) is 40.2 Å². The van der Waals surface area contributed by atoms with Gasteiger partial charge in [0.2, 0.25) is 11.8 Å². The number of hydrogen-bond donors (Lipinski definition) is 2. The molecule has 1 aliphatic rings. The Kier molecular flexibility index (Phi) is 7.84. The zero-order chi connectivity index (χ0) is 18.3. The van der Waals surface area contributed by atoms with Crippen molar-refractivity contribution in [3.8, 4) is 0 Å². The number of nitrogens with one attached hydrogen (secondary N) is 2. The Bertz CT molecular complexity index is 496. The molecule has 3 atom stereocenters. The zero-order valence-corrected chi connectivity index (χ0v) is 14.7. The van der Waals surface area contributed by atoms with Crippen molar-refractivity contribution in [3.05, 3.63) is 12.3 Å². The van der Waals surface area contributed by atoms with E-state index < -0.39 is 24.3 Å². The summed E-state index contributed by atoms with van der Waals surface area (Å²) < 4.78 is 13.0. The molecule has 0 aromatic rings. The van der Waals surface area contributed by atoms with Gasteiger partial charge in [0.05, 0.1) is 12.3 Å². The maximum Gasteiger partial charge on any atom is 0.325 e. The van der Waals surface area contributed by atoms with Crippen LogP contribution in [-0.2, 0) is 9.59 Å². The normalized spacial score (nSPS) is 20.6. The number of allylic oxidation sites excluding steroid dienone is 1. The van der Waals surface area contributed by atoms with Gasteiger partial charge in [0.1, 0.15) is 6.04 Å². The van der Waals surface area contributed by atoms with Crippen molar-refractivity contribution in [2.75, 3.05) is 13.6 Å². The summed E-state index contributed by atoms with van der Waals surface area (Å²) in [6.45, 7) is 5.37. The molecule has 0 radical (unpaired) electrons. The number of nitrogens with zero attached hydrogens (tertiary/aromatic N) is 2. The first-order valence-corrected chi connectivity index (χ1v) is 8.17. The van der Waals surface area contributed by atoms with Crippen molar-refractivity contribution < 1.29 is 18.8 Å². The quantitative estimate of drug-likeness (QED) is 0.541. The highest BCUT2D eigenvalue weighted by Gasteiger charge is 2.37. The number of carbonyl (C=O) groups excluding carboxylic acids is 3. The fourth-order valence-electron chi connectivity index (χ4n) is 2.58. The van der Waals surface area contributed by atoms with Gasteiger partial charge in [-0.3, -0.25) is 25.1 Å². The molecule has 24 heavy (non-hydrogen) atoms. The van der Waals surface area contributed by atoms with Gasteiger partial charge in [-0.2, -0.15) is 0 Å². The third kappa shape index (κ3) is 5.59. The van der Waals surface area contributed by atoms with Crippen LogP contribution in [0.4, 0.5) is 9.18 Å². The van der Waals surface area contributed by atoms with Gasteiger partial charge in [0.15, 0.2) is 0 Å². The average Bonchev–Trinajstić information content (AvgIpc) is 2.49. The first kappa shape index (κ1) is 20.1. The van der Waals surface area contributed by atoms with E-state index in [0.29, 0.717) is 13.0 Å². The fraction of sp³-hybridized carbons (Fsp3) is 0.688. The van der Waals surface area contributed by atoms with Crippen LogP contribution in [0, 0.1) is 0 Å². The van der Waals surface area contributed by atoms with Gasteiger partial charge in [-0.1, -0.05) is 6.08 Å². The number of imide groups is 1. The van der Waals surface area contributed by atoms with E-state index in [-0.39, 0.29) is 24.8 Å². The van der Waals surface area contributed by atoms with Crippen LogP contribution in [0.3, 0.4) is 0 Å². The van der Waals surface area contributed by atoms with E-state index in [4.69, 9.17) is 0 Å². The lowest BCUT2D eigenvalue weighted by atomic mass is 10.0. The molecule has 1 fully saturated rings. The van der Waals surface area contributed by atoms with E-state index in [0.717, 1.165) is 0 Å². The van der Waals surface area contributed by atoms with E-state index in [2.05, 4.69) is 10.6 Å². The molecule has 2 N–H and O–H groups in total. The van der Waals surface area contributed by atoms with Crippen molar-refractivity contribution in [1.82, 2.24) is 20.4 Å². The fourth-order valence-corrected chi connectivity index (χ4v) is 2.58. The number of urea groups is 1. The summed E-state index contributed by atoms with van der Waals surface area (Å²) in [7, 11) is 1.59. The summed E-state index contributed by atoms with van der Waals surface area (Å²) >= 11 is 0. The van der Waals surface area contributed by atoms with Crippen molar-refractivity contribution in [2.45, 2.75) is 58.4 Å². The van der Waals surface area contributed by atoms with Crippen LogP contribution in [0.5, 0.6) is 0 Å². The van der Waals surface area contributed by atoms with Gasteiger partial charge < -0.3 is 4.90 Å². The lowest BCUT2D eigenvalue weighted by Gasteiger charge is -2.39. The SMILES string of the molecule is C/C=C/N(C)C(=O)N(C(C)NCCC(C)F)C1CCC(=O)NC1=O. The topological polar surface area (TPSA) is 81.8 Å². The molecule has 0 spiro atoms. The highest BCUT2D eigenvalue weighted by molar-refractivity contribution is 6.01. The molecule has 136 valence electrons. The Labute approximate surface area is 142 Å². The van der Waals surface area contributed by atoms with E-state index in [9.17, 15) is 18.8 Å². The van der Waals surface area contributed by atoms with Crippen LogP contribution in [-0.4, -0.2) is 59.6 Å². The molecule has 4 amide bonds. The largest absolute Gasteiger partial charge is 0.325 e. The van der Waals surface area contributed by atoms with Crippen LogP contribution >= 0.6 is 0 Å². The number of halogens is 1. The first-order valence-electron chi connectivity index (χ1n) is 8.17. The highest BCUT2D eigenvalue weighted by Crippen LogP contribution is 2.17. The number of amides is 4. The number of carbonyl (C=O) groups is 3. The second-order valence-corrected chi connectivity index (χ2v) is 5.95. The Morgan fingerprint density at radius 3 is 2.67 bits per heavy atom. The van der Waals surface area contributed by atoms with Crippen LogP contribution in [0.1, 0.15) is 40.0 Å². The molecule has 1 rings (SSSR count). The molecule has 8 heteroatoms. The highest BCUT2D eigenvalue weighted by atomic mass is 19.1. The molecule has 7 nitrogen and oxygen atoms in total. The van der Waals surface area contributed by atoms with E-state index in [1.54, 1.807) is 33.2 Å². The molecule has 1 saturated heterocycles. The van der Waals surface area contributed by atoms with Crippen LogP contribution in [0.25, 0.3) is 0 Å². The molecular weight excluding hydrogens is 315 g/mol. The summed E-state index contributed by atoms with van der Waals surface area (Å²) in [5, 5.41) is 5.34. The monoisotopic (exact) mass is 342 g/mol. The second kappa shape index (κ2) is 9.36. The average molecular weight is 342 g/mol. The molecule has 0 aromatic carbocycles. The standard InChI is InChI=1S/C16H27FN4O3/c1-5-10-20(4)16(24)21(12(3)18-9-8-11(2)17)13-6-7-14(22)19-15(13)23/h5,10-13,18H,6-9H2,1-4H3,(H,19,22,23)/b10-5+. The first-order chi connectivity index (χ1) is 11.3. The molecule has 1 aliphatic heterocycles. The van der Waals surface area contributed by atoms with Gasteiger partial charge in [0, 0.05) is 19.7 Å². The Balaban J connectivity index is 2.91. The van der Waals surface area contributed by atoms with Crippen LogP contribution in [0.2, 0.25) is 0 Å². The smallest absolute Gasteiger partial charge is 0.304 e. The summed E-state index contributed by atoms with van der Waals surface area (Å²) in [5.41, 5.74) is 0. The lowest BCUT2D eigenvalue weighted by Crippen LogP contribution is -2.61. The summed E-state index contributed by atoms with van der Waals surface area (Å²) in [6.07, 6.45) is 2.64. The Hall–Kier alpha value is -1.96. The number of hydrogen-bond acceptors (Lipinski definition) is 4. The maximum atomic E-state index is 13.0. The predicted octanol–water partition coefficient (Wildman–Crippen LogP) is 1.36.